The molecule has 0 aliphatic carbocycles. The lowest BCUT2D eigenvalue weighted by molar-refractivity contribution is 0.328. The highest BCUT2D eigenvalue weighted by atomic mass is 16.5. The third-order valence-corrected chi connectivity index (χ3v) is 3.47. The second-order valence-corrected chi connectivity index (χ2v) is 4.79. The summed E-state index contributed by atoms with van der Waals surface area (Å²) in [6.07, 6.45) is 0. The summed E-state index contributed by atoms with van der Waals surface area (Å²) in [6.45, 7) is 6.76. The SMILES string of the molecule is CCOc1ccc2[nH]c(-c3cccc(C)c3C)nc2n1. The van der Waals surface area contributed by atoms with Crippen LogP contribution in [0, 0.1) is 13.8 Å². The summed E-state index contributed by atoms with van der Waals surface area (Å²) in [4.78, 5) is 12.3. The molecule has 0 radical (unpaired) electrons. The minimum absolute atomic E-state index is 0.604. The quantitative estimate of drug-likeness (QED) is 0.788. The zero-order valence-electron chi connectivity index (χ0n) is 11.9. The lowest BCUT2D eigenvalue weighted by atomic mass is 10.0. The maximum absolute atomic E-state index is 5.41. The minimum atomic E-state index is 0.604. The van der Waals surface area contributed by atoms with Crippen LogP contribution in [0.5, 0.6) is 5.88 Å². The van der Waals surface area contributed by atoms with Crippen LogP contribution in [0.1, 0.15) is 18.1 Å². The summed E-state index contributed by atoms with van der Waals surface area (Å²) in [5, 5.41) is 0. The zero-order valence-corrected chi connectivity index (χ0v) is 11.9. The lowest BCUT2D eigenvalue weighted by Gasteiger charge is -2.04. The Hall–Kier alpha value is -2.36. The first-order valence-corrected chi connectivity index (χ1v) is 6.75. The highest BCUT2D eigenvalue weighted by Crippen LogP contribution is 2.25. The van der Waals surface area contributed by atoms with E-state index >= 15 is 0 Å². The van der Waals surface area contributed by atoms with E-state index in [9.17, 15) is 0 Å². The Kier molecular flexibility index (Phi) is 3.14. The molecule has 3 rings (SSSR count). The molecule has 0 spiro atoms. The molecule has 4 nitrogen and oxygen atoms in total. The predicted molar refractivity (Wildman–Crippen MR) is 80.0 cm³/mol. The molecule has 0 saturated carbocycles. The van der Waals surface area contributed by atoms with Gasteiger partial charge < -0.3 is 9.72 Å². The van der Waals surface area contributed by atoms with Crippen molar-refractivity contribution in [1.29, 1.82) is 0 Å². The van der Waals surface area contributed by atoms with Gasteiger partial charge in [-0.1, -0.05) is 18.2 Å². The number of hydrogen-bond acceptors (Lipinski definition) is 3. The first-order chi connectivity index (χ1) is 9.69. The molecule has 2 aromatic heterocycles. The van der Waals surface area contributed by atoms with E-state index in [1.165, 1.54) is 11.1 Å². The number of fused-ring (bicyclic) bond motifs is 1. The molecule has 0 aliphatic heterocycles. The van der Waals surface area contributed by atoms with Crippen molar-refractivity contribution in [1.82, 2.24) is 15.0 Å². The van der Waals surface area contributed by atoms with Crippen molar-refractivity contribution in [2.75, 3.05) is 6.61 Å². The number of aromatic amines is 1. The number of benzene rings is 1. The van der Waals surface area contributed by atoms with Crippen LogP contribution in [-0.2, 0) is 0 Å². The van der Waals surface area contributed by atoms with Crippen LogP contribution in [0.2, 0.25) is 0 Å². The third kappa shape index (κ3) is 2.13. The number of ether oxygens (including phenoxy) is 1. The normalized spacial score (nSPS) is 10.9. The molecule has 20 heavy (non-hydrogen) atoms. The van der Waals surface area contributed by atoms with E-state index in [1.54, 1.807) is 0 Å². The number of hydrogen-bond donors (Lipinski definition) is 1. The maximum atomic E-state index is 5.41. The van der Waals surface area contributed by atoms with Gasteiger partial charge in [0.25, 0.3) is 0 Å². The second kappa shape index (κ2) is 4.96. The molecule has 0 unspecified atom stereocenters. The minimum Gasteiger partial charge on any atom is -0.478 e. The first kappa shape index (κ1) is 12.7. The average Bonchev–Trinajstić information content (AvgIpc) is 2.85. The smallest absolute Gasteiger partial charge is 0.215 e. The number of rotatable bonds is 3. The number of nitrogens with zero attached hydrogens (tertiary/aromatic N) is 2. The van der Waals surface area contributed by atoms with Crippen LogP contribution in [0.4, 0.5) is 0 Å². The predicted octanol–water partition coefficient (Wildman–Crippen LogP) is 3.64. The Balaban J connectivity index is 2.10. The average molecular weight is 267 g/mol. The topological polar surface area (TPSA) is 50.8 Å². The monoisotopic (exact) mass is 267 g/mol. The van der Waals surface area contributed by atoms with Gasteiger partial charge in [0.15, 0.2) is 5.65 Å². The summed E-state index contributed by atoms with van der Waals surface area (Å²) >= 11 is 0. The fraction of sp³-hybridized carbons (Fsp3) is 0.250. The van der Waals surface area contributed by atoms with Crippen LogP contribution in [0.15, 0.2) is 30.3 Å². The molecule has 0 aliphatic rings. The highest BCUT2D eigenvalue weighted by molar-refractivity contribution is 5.77. The van der Waals surface area contributed by atoms with Gasteiger partial charge in [-0.25, -0.2) is 4.98 Å². The molecule has 1 aromatic carbocycles. The van der Waals surface area contributed by atoms with Crippen molar-refractivity contribution >= 4 is 11.2 Å². The molecule has 2 heterocycles. The van der Waals surface area contributed by atoms with Crippen molar-refractivity contribution in [3.63, 3.8) is 0 Å². The standard InChI is InChI=1S/C16H17N3O/c1-4-20-14-9-8-13-16(18-14)19-15(17-13)12-7-5-6-10(2)11(12)3/h5-9H,4H2,1-3H3,(H,17,18,19). The zero-order chi connectivity index (χ0) is 14.1. The van der Waals surface area contributed by atoms with Gasteiger partial charge in [-0.3, -0.25) is 0 Å². The van der Waals surface area contributed by atoms with Gasteiger partial charge in [-0.05, 0) is 38.0 Å². The molecule has 0 amide bonds. The molecule has 0 saturated heterocycles. The number of imidazole rings is 1. The van der Waals surface area contributed by atoms with Crippen LogP contribution < -0.4 is 4.74 Å². The molecule has 4 heteroatoms. The van der Waals surface area contributed by atoms with Crippen LogP contribution >= 0.6 is 0 Å². The fourth-order valence-corrected chi connectivity index (χ4v) is 2.24. The molecule has 3 aromatic rings. The largest absolute Gasteiger partial charge is 0.478 e. The summed E-state index contributed by atoms with van der Waals surface area (Å²) in [6, 6.07) is 10.0. The van der Waals surface area contributed by atoms with Crippen molar-refractivity contribution in [2.45, 2.75) is 20.8 Å². The molecule has 0 fully saturated rings. The Morgan fingerprint density at radius 1 is 1.10 bits per heavy atom. The van der Waals surface area contributed by atoms with E-state index in [2.05, 4.69) is 40.9 Å². The molecule has 0 atom stereocenters. The number of nitrogens with one attached hydrogen (secondary N) is 1. The number of aromatic nitrogens is 3. The lowest BCUT2D eigenvalue weighted by Crippen LogP contribution is -1.93. The summed E-state index contributed by atoms with van der Waals surface area (Å²) in [5.41, 5.74) is 5.21. The number of pyridine rings is 1. The Morgan fingerprint density at radius 3 is 2.75 bits per heavy atom. The van der Waals surface area contributed by atoms with Crippen LogP contribution in [0.3, 0.4) is 0 Å². The highest BCUT2D eigenvalue weighted by Gasteiger charge is 2.10. The van der Waals surface area contributed by atoms with Gasteiger partial charge in [0, 0.05) is 11.6 Å². The molecule has 102 valence electrons. The molecule has 1 N–H and O–H groups in total. The maximum Gasteiger partial charge on any atom is 0.215 e. The van der Waals surface area contributed by atoms with E-state index in [-0.39, 0.29) is 0 Å². The van der Waals surface area contributed by atoms with E-state index in [0.717, 1.165) is 16.9 Å². The van der Waals surface area contributed by atoms with E-state index in [0.29, 0.717) is 18.1 Å². The van der Waals surface area contributed by atoms with Gasteiger partial charge in [0.1, 0.15) is 5.82 Å². The molecular weight excluding hydrogens is 250 g/mol. The van der Waals surface area contributed by atoms with E-state index in [4.69, 9.17) is 4.74 Å². The van der Waals surface area contributed by atoms with Gasteiger partial charge >= 0.3 is 0 Å². The van der Waals surface area contributed by atoms with Gasteiger partial charge in [-0.2, -0.15) is 4.98 Å². The van der Waals surface area contributed by atoms with Crippen molar-refractivity contribution in [3.8, 4) is 17.3 Å². The number of H-pyrrole nitrogens is 1. The van der Waals surface area contributed by atoms with E-state index < -0.39 is 0 Å². The summed E-state index contributed by atoms with van der Waals surface area (Å²) in [5.74, 6) is 1.46. The molecular formula is C16H17N3O. The Labute approximate surface area is 117 Å². The Bertz CT molecular complexity index is 762. The van der Waals surface area contributed by atoms with Crippen molar-refractivity contribution in [2.24, 2.45) is 0 Å². The fourth-order valence-electron chi connectivity index (χ4n) is 2.24. The second-order valence-electron chi connectivity index (χ2n) is 4.79. The van der Waals surface area contributed by atoms with Gasteiger partial charge in [0.2, 0.25) is 5.88 Å². The van der Waals surface area contributed by atoms with Crippen molar-refractivity contribution < 1.29 is 4.74 Å². The molecule has 0 bridgehead atoms. The van der Waals surface area contributed by atoms with Crippen LogP contribution in [-0.4, -0.2) is 21.6 Å². The van der Waals surface area contributed by atoms with E-state index in [1.807, 2.05) is 25.1 Å². The first-order valence-electron chi connectivity index (χ1n) is 6.75. The van der Waals surface area contributed by atoms with Gasteiger partial charge in [-0.15, -0.1) is 0 Å². The summed E-state index contributed by atoms with van der Waals surface area (Å²) < 4.78 is 5.41. The Morgan fingerprint density at radius 2 is 1.95 bits per heavy atom. The van der Waals surface area contributed by atoms with Gasteiger partial charge in [0.05, 0.1) is 12.1 Å². The third-order valence-electron chi connectivity index (χ3n) is 3.47. The summed E-state index contributed by atoms with van der Waals surface area (Å²) in [7, 11) is 0. The number of aryl methyl sites for hydroxylation is 1. The van der Waals surface area contributed by atoms with Crippen molar-refractivity contribution in [3.05, 3.63) is 41.5 Å². The van der Waals surface area contributed by atoms with Crippen LogP contribution in [0.25, 0.3) is 22.6 Å².